The Labute approximate surface area is 204 Å². The van der Waals surface area contributed by atoms with Crippen LogP contribution in [0.3, 0.4) is 0 Å². The molecular weight excluding hydrogens is 435 g/mol. The highest BCUT2D eigenvalue weighted by Gasteiger charge is 2.17. The summed E-state index contributed by atoms with van der Waals surface area (Å²) in [6.07, 6.45) is 3.66. The van der Waals surface area contributed by atoms with Gasteiger partial charge in [-0.05, 0) is 28.8 Å². The first-order valence-electron chi connectivity index (χ1n) is 11.5. The van der Waals surface area contributed by atoms with Crippen molar-refractivity contribution in [2.75, 3.05) is 4.90 Å². The quantitative estimate of drug-likeness (QED) is 0.239. The zero-order chi connectivity index (χ0) is 23.9. The number of nitrogens with zero attached hydrogens (tertiary/aromatic N) is 4. The highest BCUT2D eigenvalue weighted by molar-refractivity contribution is 5.79. The summed E-state index contributed by atoms with van der Waals surface area (Å²) in [6, 6.07) is 37.0. The van der Waals surface area contributed by atoms with Gasteiger partial charge in [-0.25, -0.2) is 14.1 Å². The van der Waals surface area contributed by atoms with Gasteiger partial charge in [0.25, 0.3) is 0 Å². The van der Waals surface area contributed by atoms with Crippen LogP contribution in [0.1, 0.15) is 16.7 Å². The monoisotopic (exact) mass is 460 g/mol. The van der Waals surface area contributed by atoms with Gasteiger partial charge in [-0.2, -0.15) is 5.10 Å². The zero-order valence-corrected chi connectivity index (χ0v) is 19.2. The standard InChI is InChI=1S/C30H25FN4/c31-28-18-16-24(17-19-28)20-32-35-23-29(27-14-8-3-9-15-27)33-30(35)34(21-25-10-4-1-5-11-25)22-26-12-6-2-7-13-26/h1-20,23H,21-22H2. The van der Waals surface area contributed by atoms with Gasteiger partial charge < -0.3 is 4.90 Å². The zero-order valence-electron chi connectivity index (χ0n) is 19.2. The second-order valence-electron chi connectivity index (χ2n) is 8.26. The molecule has 1 aromatic heterocycles. The second-order valence-corrected chi connectivity index (χ2v) is 8.26. The maximum atomic E-state index is 13.4. The Hall–Kier alpha value is -4.51. The Morgan fingerprint density at radius 2 is 1.26 bits per heavy atom. The summed E-state index contributed by atoms with van der Waals surface area (Å²) < 4.78 is 15.2. The summed E-state index contributed by atoms with van der Waals surface area (Å²) in [7, 11) is 0. The van der Waals surface area contributed by atoms with E-state index in [0.717, 1.165) is 22.8 Å². The highest BCUT2D eigenvalue weighted by atomic mass is 19.1. The van der Waals surface area contributed by atoms with Crippen LogP contribution in [0.15, 0.2) is 127 Å². The third-order valence-electron chi connectivity index (χ3n) is 5.66. The van der Waals surface area contributed by atoms with E-state index in [4.69, 9.17) is 10.1 Å². The Kier molecular flexibility index (Phi) is 6.76. The van der Waals surface area contributed by atoms with Gasteiger partial charge in [0, 0.05) is 18.7 Å². The van der Waals surface area contributed by atoms with Crippen LogP contribution in [-0.2, 0) is 13.1 Å². The fourth-order valence-electron chi connectivity index (χ4n) is 3.89. The van der Waals surface area contributed by atoms with Gasteiger partial charge in [-0.15, -0.1) is 0 Å². The number of imidazole rings is 1. The molecule has 0 aliphatic rings. The van der Waals surface area contributed by atoms with Crippen molar-refractivity contribution < 1.29 is 4.39 Å². The van der Waals surface area contributed by atoms with Gasteiger partial charge in [0.2, 0.25) is 5.95 Å². The van der Waals surface area contributed by atoms with Gasteiger partial charge in [-0.3, -0.25) is 0 Å². The van der Waals surface area contributed by atoms with E-state index in [1.54, 1.807) is 23.0 Å². The molecule has 0 spiro atoms. The van der Waals surface area contributed by atoms with Crippen LogP contribution >= 0.6 is 0 Å². The van der Waals surface area contributed by atoms with Crippen LogP contribution in [0, 0.1) is 5.82 Å². The van der Waals surface area contributed by atoms with E-state index < -0.39 is 0 Å². The Morgan fingerprint density at radius 3 is 1.83 bits per heavy atom. The number of hydrogen-bond donors (Lipinski definition) is 0. The van der Waals surface area contributed by atoms with Crippen LogP contribution < -0.4 is 4.90 Å². The Morgan fingerprint density at radius 1 is 0.714 bits per heavy atom. The van der Waals surface area contributed by atoms with Crippen LogP contribution in [0.4, 0.5) is 10.3 Å². The first kappa shape index (κ1) is 22.3. The third-order valence-corrected chi connectivity index (χ3v) is 5.66. The summed E-state index contributed by atoms with van der Waals surface area (Å²) >= 11 is 0. The molecule has 0 saturated carbocycles. The van der Waals surface area contributed by atoms with E-state index in [1.807, 2.05) is 72.9 Å². The Balaban J connectivity index is 1.57. The summed E-state index contributed by atoms with van der Waals surface area (Å²) in [5.74, 6) is 0.462. The van der Waals surface area contributed by atoms with E-state index in [0.29, 0.717) is 13.1 Å². The molecule has 0 N–H and O–H groups in total. The van der Waals surface area contributed by atoms with E-state index in [-0.39, 0.29) is 5.82 Å². The lowest BCUT2D eigenvalue weighted by Gasteiger charge is -2.23. The molecular formula is C30H25FN4. The van der Waals surface area contributed by atoms with Crippen LogP contribution in [0.5, 0.6) is 0 Å². The molecule has 172 valence electrons. The SMILES string of the molecule is Fc1ccc(C=Nn2cc(-c3ccccc3)nc2N(Cc2ccccc2)Cc2ccccc2)cc1. The minimum atomic E-state index is -0.270. The van der Waals surface area contributed by atoms with Gasteiger partial charge in [0.15, 0.2) is 0 Å². The molecule has 5 rings (SSSR count). The van der Waals surface area contributed by atoms with Crippen molar-refractivity contribution in [1.29, 1.82) is 0 Å². The normalized spacial score (nSPS) is 11.1. The molecule has 0 fully saturated rings. The van der Waals surface area contributed by atoms with E-state index in [9.17, 15) is 4.39 Å². The van der Waals surface area contributed by atoms with Gasteiger partial charge in [0.05, 0.1) is 18.1 Å². The molecule has 0 unspecified atom stereocenters. The molecule has 0 saturated heterocycles. The van der Waals surface area contributed by atoms with E-state index in [2.05, 4.69) is 29.2 Å². The second kappa shape index (κ2) is 10.6. The van der Waals surface area contributed by atoms with Gasteiger partial charge in [0.1, 0.15) is 5.82 Å². The molecule has 5 aromatic rings. The summed E-state index contributed by atoms with van der Waals surface area (Å²) in [5, 5.41) is 4.72. The molecule has 0 bridgehead atoms. The molecule has 5 heteroatoms. The first-order valence-corrected chi connectivity index (χ1v) is 11.5. The minimum Gasteiger partial charge on any atom is -0.332 e. The number of halogens is 1. The smallest absolute Gasteiger partial charge is 0.227 e. The Bertz CT molecular complexity index is 1340. The van der Waals surface area contributed by atoms with E-state index in [1.165, 1.54) is 23.3 Å². The highest BCUT2D eigenvalue weighted by Crippen LogP contribution is 2.26. The molecule has 4 nitrogen and oxygen atoms in total. The first-order chi connectivity index (χ1) is 17.2. The van der Waals surface area contributed by atoms with E-state index >= 15 is 0 Å². The van der Waals surface area contributed by atoms with Crippen molar-refractivity contribution in [2.24, 2.45) is 5.10 Å². The summed E-state index contributed by atoms with van der Waals surface area (Å²) in [4.78, 5) is 7.24. The molecule has 0 aliphatic carbocycles. The van der Waals surface area contributed by atoms with Crippen LogP contribution in [0.25, 0.3) is 11.3 Å². The summed E-state index contributed by atoms with van der Waals surface area (Å²) in [5.41, 5.74) is 5.03. The predicted octanol–water partition coefficient (Wildman–Crippen LogP) is 6.78. The van der Waals surface area contributed by atoms with Gasteiger partial charge in [-0.1, -0.05) is 103 Å². The average Bonchev–Trinajstić information content (AvgIpc) is 3.34. The lowest BCUT2D eigenvalue weighted by molar-refractivity contribution is 0.628. The third kappa shape index (κ3) is 5.71. The lowest BCUT2D eigenvalue weighted by Crippen LogP contribution is -2.25. The average molecular weight is 461 g/mol. The van der Waals surface area contributed by atoms with Crippen molar-refractivity contribution in [3.05, 3.63) is 144 Å². The van der Waals surface area contributed by atoms with Crippen LogP contribution in [0.2, 0.25) is 0 Å². The van der Waals surface area contributed by atoms with Crippen molar-refractivity contribution >= 4 is 12.2 Å². The largest absolute Gasteiger partial charge is 0.332 e. The van der Waals surface area contributed by atoms with Crippen LogP contribution in [-0.4, -0.2) is 15.9 Å². The maximum Gasteiger partial charge on any atom is 0.227 e. The van der Waals surface area contributed by atoms with Gasteiger partial charge >= 0.3 is 0 Å². The number of anilines is 1. The number of benzene rings is 4. The molecule has 4 aromatic carbocycles. The van der Waals surface area contributed by atoms with Crippen molar-refractivity contribution in [1.82, 2.24) is 9.66 Å². The molecule has 0 atom stereocenters. The molecule has 0 aliphatic heterocycles. The predicted molar refractivity (Wildman–Crippen MR) is 140 cm³/mol. The topological polar surface area (TPSA) is 33.4 Å². The lowest BCUT2D eigenvalue weighted by atomic mass is 10.2. The fraction of sp³-hybridized carbons (Fsp3) is 0.0667. The molecule has 35 heavy (non-hydrogen) atoms. The molecule has 0 amide bonds. The molecule has 1 heterocycles. The number of aromatic nitrogens is 2. The summed E-state index contributed by atoms with van der Waals surface area (Å²) in [6.45, 7) is 1.35. The number of hydrogen-bond acceptors (Lipinski definition) is 3. The maximum absolute atomic E-state index is 13.4. The minimum absolute atomic E-state index is 0.270. The van der Waals surface area contributed by atoms with Crippen molar-refractivity contribution in [3.63, 3.8) is 0 Å². The number of rotatable bonds is 8. The van der Waals surface area contributed by atoms with Crippen molar-refractivity contribution in [3.8, 4) is 11.3 Å². The van der Waals surface area contributed by atoms with Crippen molar-refractivity contribution in [2.45, 2.75) is 13.1 Å². The molecule has 0 radical (unpaired) electrons. The fourth-order valence-corrected chi connectivity index (χ4v) is 3.89.